The Kier molecular flexibility index (Phi) is 3.10. The summed E-state index contributed by atoms with van der Waals surface area (Å²) in [6.07, 6.45) is 1.36. The fourth-order valence-corrected chi connectivity index (χ4v) is 1.07. The van der Waals surface area contributed by atoms with Crippen LogP contribution in [-0.2, 0) is 17.3 Å². The van der Waals surface area contributed by atoms with Gasteiger partial charge >= 0.3 is 0 Å². The normalized spacial score (nSPS) is 10.8. The van der Waals surface area contributed by atoms with Crippen LogP contribution in [0.25, 0.3) is 0 Å². The highest BCUT2D eigenvalue weighted by atomic mass is 19.3. The first-order valence-corrected chi connectivity index (χ1v) is 4.05. The zero-order valence-electron chi connectivity index (χ0n) is 7.63. The lowest BCUT2D eigenvalue weighted by molar-refractivity contribution is 0.0174. The number of nitrogens with zero attached hydrogens (tertiary/aromatic N) is 1. The number of aliphatic imine (C=N–C) groups is 1. The van der Waals surface area contributed by atoms with Crippen LogP contribution in [0.1, 0.15) is 18.1 Å². The first kappa shape index (κ1) is 10.5. The molecule has 0 amide bonds. The van der Waals surface area contributed by atoms with Gasteiger partial charge in [-0.15, -0.1) is 0 Å². The standard InChI is InChI=1S/C10H9F2NO/c1-10(11,12)9-4-2-3-8(5-9)6-13-7-14/h2-5H,6H2,1H3. The van der Waals surface area contributed by atoms with Gasteiger partial charge in [0.1, 0.15) is 0 Å². The second kappa shape index (κ2) is 4.11. The van der Waals surface area contributed by atoms with Crippen LogP contribution in [0.5, 0.6) is 0 Å². The number of benzene rings is 1. The van der Waals surface area contributed by atoms with Crippen LogP contribution in [0.15, 0.2) is 29.3 Å². The molecule has 0 aliphatic rings. The van der Waals surface area contributed by atoms with E-state index in [1.54, 1.807) is 6.07 Å². The van der Waals surface area contributed by atoms with E-state index in [9.17, 15) is 13.6 Å². The molecule has 0 N–H and O–H groups in total. The first-order chi connectivity index (χ1) is 6.54. The summed E-state index contributed by atoms with van der Waals surface area (Å²) < 4.78 is 25.7. The van der Waals surface area contributed by atoms with Gasteiger partial charge < -0.3 is 0 Å². The lowest BCUT2D eigenvalue weighted by atomic mass is 10.1. The third-order valence-electron chi connectivity index (χ3n) is 1.76. The fraction of sp³-hybridized carbons (Fsp3) is 0.300. The topological polar surface area (TPSA) is 29.4 Å². The number of isocyanates is 1. The van der Waals surface area contributed by atoms with E-state index in [1.807, 2.05) is 0 Å². The third-order valence-corrected chi connectivity index (χ3v) is 1.76. The predicted octanol–water partition coefficient (Wildman–Crippen LogP) is 2.63. The summed E-state index contributed by atoms with van der Waals surface area (Å²) in [5.74, 6) is -2.86. The van der Waals surface area contributed by atoms with Gasteiger partial charge in [-0.1, -0.05) is 18.2 Å². The second-order valence-electron chi connectivity index (χ2n) is 3.00. The van der Waals surface area contributed by atoms with Crippen molar-refractivity contribution in [2.24, 2.45) is 4.99 Å². The highest BCUT2D eigenvalue weighted by Gasteiger charge is 2.23. The fourth-order valence-electron chi connectivity index (χ4n) is 1.07. The zero-order valence-corrected chi connectivity index (χ0v) is 7.63. The lowest BCUT2D eigenvalue weighted by Gasteiger charge is -2.10. The Morgan fingerprint density at radius 2 is 2.21 bits per heavy atom. The lowest BCUT2D eigenvalue weighted by Crippen LogP contribution is -2.06. The Labute approximate surface area is 80.3 Å². The minimum Gasteiger partial charge on any atom is -0.211 e. The van der Waals surface area contributed by atoms with Crippen molar-refractivity contribution >= 4 is 6.08 Å². The molecule has 0 aromatic heterocycles. The quantitative estimate of drug-likeness (QED) is 0.541. The summed E-state index contributed by atoms with van der Waals surface area (Å²) in [4.78, 5) is 13.1. The van der Waals surface area contributed by atoms with Crippen LogP contribution >= 0.6 is 0 Å². The van der Waals surface area contributed by atoms with Gasteiger partial charge in [0, 0.05) is 12.5 Å². The Balaban J connectivity index is 2.95. The number of carbonyl (C=O) groups excluding carboxylic acids is 1. The maximum atomic E-state index is 12.8. The second-order valence-corrected chi connectivity index (χ2v) is 3.00. The molecule has 0 fully saturated rings. The zero-order chi connectivity index (χ0) is 10.6. The van der Waals surface area contributed by atoms with Gasteiger partial charge in [0.2, 0.25) is 6.08 Å². The molecule has 0 saturated heterocycles. The van der Waals surface area contributed by atoms with Crippen LogP contribution in [0, 0.1) is 0 Å². The number of rotatable bonds is 3. The van der Waals surface area contributed by atoms with Crippen LogP contribution in [0.4, 0.5) is 8.78 Å². The van der Waals surface area contributed by atoms with E-state index in [1.165, 1.54) is 24.3 Å². The Morgan fingerprint density at radius 3 is 2.79 bits per heavy atom. The summed E-state index contributed by atoms with van der Waals surface area (Å²) in [5.41, 5.74) is 0.503. The molecule has 74 valence electrons. The van der Waals surface area contributed by atoms with Gasteiger partial charge in [-0.05, 0) is 11.6 Å². The van der Waals surface area contributed by atoms with Gasteiger partial charge in [0.25, 0.3) is 5.92 Å². The minimum atomic E-state index is -2.86. The van der Waals surface area contributed by atoms with Gasteiger partial charge in [-0.3, -0.25) is 0 Å². The van der Waals surface area contributed by atoms with Crippen molar-refractivity contribution in [3.63, 3.8) is 0 Å². The van der Waals surface area contributed by atoms with Crippen molar-refractivity contribution in [3.05, 3.63) is 35.4 Å². The van der Waals surface area contributed by atoms with Gasteiger partial charge in [0.05, 0.1) is 6.54 Å². The van der Waals surface area contributed by atoms with Crippen LogP contribution in [-0.4, -0.2) is 6.08 Å². The van der Waals surface area contributed by atoms with Crippen molar-refractivity contribution in [1.82, 2.24) is 0 Å². The summed E-state index contributed by atoms with van der Waals surface area (Å²) in [7, 11) is 0. The van der Waals surface area contributed by atoms with Gasteiger partial charge in [0.15, 0.2) is 0 Å². The van der Waals surface area contributed by atoms with E-state index in [0.29, 0.717) is 5.56 Å². The van der Waals surface area contributed by atoms with Crippen molar-refractivity contribution < 1.29 is 13.6 Å². The maximum absolute atomic E-state index is 12.8. The molecule has 1 aromatic rings. The molecule has 1 rings (SSSR count). The molecule has 2 nitrogen and oxygen atoms in total. The molecule has 0 unspecified atom stereocenters. The molecule has 1 aromatic carbocycles. The minimum absolute atomic E-state index is 0.0731. The molecule has 0 aliphatic carbocycles. The molecule has 0 heterocycles. The maximum Gasteiger partial charge on any atom is 0.270 e. The molecule has 0 atom stereocenters. The highest BCUT2D eigenvalue weighted by molar-refractivity contribution is 5.34. The molecule has 0 radical (unpaired) electrons. The molecule has 0 aliphatic heterocycles. The molecule has 0 bridgehead atoms. The summed E-state index contributed by atoms with van der Waals surface area (Å²) in [6, 6.07) is 5.83. The van der Waals surface area contributed by atoms with Crippen molar-refractivity contribution in [2.75, 3.05) is 0 Å². The van der Waals surface area contributed by atoms with E-state index in [0.717, 1.165) is 6.92 Å². The van der Waals surface area contributed by atoms with E-state index < -0.39 is 5.92 Å². The number of alkyl halides is 2. The van der Waals surface area contributed by atoms with Crippen molar-refractivity contribution in [3.8, 4) is 0 Å². The third kappa shape index (κ3) is 2.75. The summed E-state index contributed by atoms with van der Waals surface area (Å²) in [6.45, 7) is 0.919. The average molecular weight is 197 g/mol. The molecule has 14 heavy (non-hydrogen) atoms. The first-order valence-electron chi connectivity index (χ1n) is 4.05. The number of hydrogen-bond acceptors (Lipinski definition) is 2. The largest absolute Gasteiger partial charge is 0.270 e. The Morgan fingerprint density at radius 1 is 1.50 bits per heavy atom. The van der Waals surface area contributed by atoms with E-state index in [2.05, 4.69) is 4.99 Å². The number of hydrogen-bond donors (Lipinski definition) is 0. The van der Waals surface area contributed by atoms with Crippen molar-refractivity contribution in [2.45, 2.75) is 19.4 Å². The predicted molar refractivity (Wildman–Crippen MR) is 47.8 cm³/mol. The Bertz CT molecular complexity index is 365. The van der Waals surface area contributed by atoms with Gasteiger partial charge in [-0.2, -0.15) is 0 Å². The van der Waals surface area contributed by atoms with Crippen LogP contribution in [0.3, 0.4) is 0 Å². The summed E-state index contributed by atoms with van der Waals surface area (Å²) >= 11 is 0. The average Bonchev–Trinajstić information content (AvgIpc) is 2.14. The SMILES string of the molecule is CC(F)(F)c1cccc(CN=C=O)c1. The van der Waals surface area contributed by atoms with Crippen LogP contribution < -0.4 is 0 Å². The number of halogens is 2. The molecule has 0 saturated carbocycles. The molecular weight excluding hydrogens is 188 g/mol. The van der Waals surface area contributed by atoms with Gasteiger partial charge in [-0.25, -0.2) is 18.6 Å². The van der Waals surface area contributed by atoms with Crippen LogP contribution in [0.2, 0.25) is 0 Å². The Hall–Kier alpha value is -1.54. The summed E-state index contributed by atoms with van der Waals surface area (Å²) in [5, 5.41) is 0. The molecular formula is C10H9F2NO. The van der Waals surface area contributed by atoms with E-state index in [-0.39, 0.29) is 12.1 Å². The van der Waals surface area contributed by atoms with Crippen molar-refractivity contribution in [1.29, 1.82) is 0 Å². The molecule has 4 heteroatoms. The van der Waals surface area contributed by atoms with E-state index >= 15 is 0 Å². The monoisotopic (exact) mass is 197 g/mol. The highest BCUT2D eigenvalue weighted by Crippen LogP contribution is 2.27. The molecule has 0 spiro atoms. The van der Waals surface area contributed by atoms with E-state index in [4.69, 9.17) is 0 Å². The smallest absolute Gasteiger partial charge is 0.211 e.